The number of nitrogens with one attached hydrogen (secondary N) is 1. The van der Waals surface area contributed by atoms with E-state index in [1.54, 1.807) is 13.8 Å². The van der Waals surface area contributed by atoms with Gasteiger partial charge in [0.15, 0.2) is 0 Å². The Bertz CT molecular complexity index is 544. The van der Waals surface area contributed by atoms with Gasteiger partial charge >= 0.3 is 0 Å². The summed E-state index contributed by atoms with van der Waals surface area (Å²) in [5, 5.41) is 11.4. The fourth-order valence-electron chi connectivity index (χ4n) is 1.52. The quantitative estimate of drug-likeness (QED) is 0.828. The van der Waals surface area contributed by atoms with Gasteiger partial charge in [-0.05, 0) is 32.0 Å². The van der Waals surface area contributed by atoms with Gasteiger partial charge in [-0.25, -0.2) is 4.39 Å². The minimum Gasteiger partial charge on any atom is -0.384 e. The van der Waals surface area contributed by atoms with Gasteiger partial charge in [-0.3, -0.25) is 4.79 Å². The molecule has 0 unspecified atom stereocenters. The van der Waals surface area contributed by atoms with Crippen molar-refractivity contribution in [2.75, 3.05) is 19.0 Å². The summed E-state index contributed by atoms with van der Waals surface area (Å²) in [7, 11) is 1.53. The van der Waals surface area contributed by atoms with Gasteiger partial charge in [0.1, 0.15) is 12.4 Å². The van der Waals surface area contributed by atoms with E-state index in [1.165, 1.54) is 25.3 Å². The molecule has 0 spiro atoms. The first-order chi connectivity index (χ1) is 9.38. The molecule has 0 heterocycles. The minimum atomic E-state index is -0.582. The molecule has 20 heavy (non-hydrogen) atoms. The van der Waals surface area contributed by atoms with Crippen LogP contribution in [0.1, 0.15) is 25.8 Å². The molecule has 2 N–H and O–H groups in total. The number of hydrogen-bond acceptors (Lipinski definition) is 3. The predicted octanol–water partition coefficient (Wildman–Crippen LogP) is 1.92. The summed E-state index contributed by atoms with van der Waals surface area (Å²) in [4.78, 5) is 11.9. The number of carbonyl (C=O) groups excluding carboxylic acids is 1. The Morgan fingerprint density at radius 2 is 2.20 bits per heavy atom. The summed E-state index contributed by atoms with van der Waals surface area (Å²) in [6.07, 6.45) is 0.160. The lowest BCUT2D eigenvalue weighted by molar-refractivity contribution is -0.121. The second kappa shape index (κ2) is 7.04. The SMILES string of the molecule is COC(C)(C)CC(=O)Nc1ccc(F)cc1C#CCO. The van der Waals surface area contributed by atoms with Gasteiger partial charge in [0.25, 0.3) is 0 Å². The van der Waals surface area contributed by atoms with Crippen molar-refractivity contribution in [1.29, 1.82) is 0 Å². The van der Waals surface area contributed by atoms with Gasteiger partial charge in [0, 0.05) is 7.11 Å². The van der Waals surface area contributed by atoms with Crippen LogP contribution >= 0.6 is 0 Å². The third-order valence-corrected chi connectivity index (χ3v) is 2.70. The molecule has 0 aliphatic carbocycles. The van der Waals surface area contributed by atoms with Crippen molar-refractivity contribution < 1.29 is 19.0 Å². The van der Waals surface area contributed by atoms with Crippen LogP contribution in [0.2, 0.25) is 0 Å². The number of methoxy groups -OCH3 is 1. The zero-order valence-electron chi connectivity index (χ0n) is 11.8. The molecular weight excluding hydrogens is 261 g/mol. The number of ether oxygens (including phenoxy) is 1. The van der Waals surface area contributed by atoms with Crippen LogP contribution in [0.25, 0.3) is 0 Å². The summed E-state index contributed by atoms with van der Waals surface area (Å²) in [6.45, 7) is 3.26. The number of hydrogen-bond donors (Lipinski definition) is 2. The van der Waals surface area contributed by atoms with Crippen molar-refractivity contribution in [3.8, 4) is 11.8 Å². The van der Waals surface area contributed by atoms with Crippen LogP contribution in [0.5, 0.6) is 0 Å². The lowest BCUT2D eigenvalue weighted by atomic mass is 10.0. The highest BCUT2D eigenvalue weighted by Gasteiger charge is 2.21. The van der Waals surface area contributed by atoms with Gasteiger partial charge in [0.2, 0.25) is 5.91 Å². The van der Waals surface area contributed by atoms with Crippen LogP contribution in [-0.2, 0) is 9.53 Å². The molecule has 1 rings (SSSR count). The molecule has 1 aromatic carbocycles. The topological polar surface area (TPSA) is 58.6 Å². The molecule has 1 amide bonds. The van der Waals surface area contributed by atoms with Crippen molar-refractivity contribution in [2.24, 2.45) is 0 Å². The van der Waals surface area contributed by atoms with Gasteiger partial charge in [-0.15, -0.1) is 0 Å². The van der Waals surface area contributed by atoms with Crippen LogP contribution in [0.4, 0.5) is 10.1 Å². The Morgan fingerprint density at radius 3 is 2.80 bits per heavy atom. The maximum atomic E-state index is 13.2. The van der Waals surface area contributed by atoms with E-state index in [9.17, 15) is 9.18 Å². The van der Waals surface area contributed by atoms with E-state index in [0.29, 0.717) is 11.3 Å². The molecule has 1 aromatic rings. The molecule has 0 saturated heterocycles. The average molecular weight is 279 g/mol. The molecule has 0 aliphatic heterocycles. The first-order valence-corrected chi connectivity index (χ1v) is 6.12. The molecule has 0 radical (unpaired) electrons. The van der Waals surface area contributed by atoms with E-state index in [2.05, 4.69) is 17.2 Å². The number of aliphatic hydroxyl groups is 1. The summed E-state index contributed by atoms with van der Waals surface area (Å²) >= 11 is 0. The number of aliphatic hydroxyl groups excluding tert-OH is 1. The van der Waals surface area contributed by atoms with Crippen molar-refractivity contribution in [2.45, 2.75) is 25.9 Å². The van der Waals surface area contributed by atoms with E-state index in [1.807, 2.05) is 0 Å². The number of carbonyl (C=O) groups is 1. The monoisotopic (exact) mass is 279 g/mol. The summed E-state index contributed by atoms with van der Waals surface area (Å²) in [5.74, 6) is 4.32. The van der Waals surface area contributed by atoms with Crippen LogP contribution in [0.15, 0.2) is 18.2 Å². The lowest BCUT2D eigenvalue weighted by Crippen LogP contribution is -2.29. The van der Waals surface area contributed by atoms with E-state index in [4.69, 9.17) is 9.84 Å². The molecule has 108 valence electrons. The summed E-state index contributed by atoms with van der Waals surface area (Å²) in [5.41, 5.74) is 0.146. The Hall–Kier alpha value is -1.90. The third kappa shape index (κ3) is 5.00. The fraction of sp³-hybridized carbons (Fsp3) is 0.400. The molecule has 4 nitrogen and oxygen atoms in total. The smallest absolute Gasteiger partial charge is 0.227 e. The van der Waals surface area contributed by atoms with Crippen molar-refractivity contribution in [3.63, 3.8) is 0 Å². The maximum absolute atomic E-state index is 13.2. The number of anilines is 1. The van der Waals surface area contributed by atoms with Gasteiger partial charge in [-0.2, -0.15) is 0 Å². The normalized spacial score (nSPS) is 10.7. The number of benzene rings is 1. The highest BCUT2D eigenvalue weighted by atomic mass is 19.1. The van der Waals surface area contributed by atoms with E-state index >= 15 is 0 Å². The number of amides is 1. The van der Waals surface area contributed by atoms with E-state index in [0.717, 1.165) is 0 Å². The van der Waals surface area contributed by atoms with E-state index < -0.39 is 11.4 Å². The molecule has 0 fully saturated rings. The molecule has 0 bridgehead atoms. The van der Waals surface area contributed by atoms with Crippen molar-refractivity contribution in [1.82, 2.24) is 0 Å². The summed E-state index contributed by atoms with van der Waals surface area (Å²) < 4.78 is 18.4. The Balaban J connectivity index is 2.89. The minimum absolute atomic E-state index is 0.160. The van der Waals surface area contributed by atoms with Crippen LogP contribution in [0.3, 0.4) is 0 Å². The summed E-state index contributed by atoms with van der Waals surface area (Å²) in [6, 6.07) is 3.88. The Labute approximate surface area is 117 Å². The van der Waals surface area contributed by atoms with Gasteiger partial charge in [0.05, 0.1) is 23.3 Å². The Morgan fingerprint density at radius 1 is 1.50 bits per heavy atom. The second-order valence-electron chi connectivity index (χ2n) is 4.84. The van der Waals surface area contributed by atoms with Gasteiger partial charge in [-0.1, -0.05) is 11.8 Å². The van der Waals surface area contributed by atoms with Crippen molar-refractivity contribution >= 4 is 11.6 Å². The van der Waals surface area contributed by atoms with Crippen molar-refractivity contribution in [3.05, 3.63) is 29.6 Å². The predicted molar refractivity (Wildman–Crippen MR) is 74.7 cm³/mol. The fourth-order valence-corrected chi connectivity index (χ4v) is 1.52. The second-order valence-corrected chi connectivity index (χ2v) is 4.84. The maximum Gasteiger partial charge on any atom is 0.227 e. The molecule has 0 saturated carbocycles. The zero-order chi connectivity index (χ0) is 15.2. The molecular formula is C15H18FNO3. The Kier molecular flexibility index (Phi) is 5.68. The van der Waals surface area contributed by atoms with Gasteiger partial charge < -0.3 is 15.2 Å². The first kappa shape index (κ1) is 16.2. The largest absolute Gasteiger partial charge is 0.384 e. The molecule has 0 aromatic heterocycles. The number of rotatable bonds is 4. The molecule has 0 aliphatic rings. The van der Waals surface area contributed by atoms with Crippen LogP contribution in [0, 0.1) is 17.7 Å². The van der Waals surface area contributed by atoms with E-state index in [-0.39, 0.29) is 18.9 Å². The zero-order valence-corrected chi connectivity index (χ0v) is 11.8. The van der Waals surface area contributed by atoms with Crippen LogP contribution in [-0.4, -0.2) is 30.3 Å². The standard InChI is InChI=1S/C15H18FNO3/c1-15(2,20-3)10-14(19)17-13-7-6-12(16)9-11(13)5-4-8-18/h6-7,9,18H,8,10H2,1-3H3,(H,17,19). The number of halogens is 1. The highest BCUT2D eigenvalue weighted by Crippen LogP contribution is 2.19. The molecule has 5 heteroatoms. The third-order valence-electron chi connectivity index (χ3n) is 2.70. The average Bonchev–Trinajstić information content (AvgIpc) is 2.38. The highest BCUT2D eigenvalue weighted by molar-refractivity contribution is 5.92. The first-order valence-electron chi connectivity index (χ1n) is 6.12. The molecule has 0 atom stereocenters. The lowest BCUT2D eigenvalue weighted by Gasteiger charge is -2.22. The van der Waals surface area contributed by atoms with Crippen LogP contribution < -0.4 is 5.32 Å².